The summed E-state index contributed by atoms with van der Waals surface area (Å²) in [5.74, 6) is -0.292. The lowest BCUT2D eigenvalue weighted by molar-refractivity contribution is 0.0696. The second kappa shape index (κ2) is 2.81. The molecular formula is C8H5ClO4. The van der Waals surface area contributed by atoms with E-state index < -0.39 is 5.97 Å². The molecule has 0 atom stereocenters. The summed E-state index contributed by atoms with van der Waals surface area (Å²) in [7, 11) is 0. The number of carboxylic acids is 1. The van der Waals surface area contributed by atoms with Gasteiger partial charge in [0, 0.05) is 0 Å². The molecule has 0 amide bonds. The van der Waals surface area contributed by atoms with Gasteiger partial charge in [-0.3, -0.25) is 0 Å². The van der Waals surface area contributed by atoms with Crippen molar-refractivity contribution in [2.45, 2.75) is 0 Å². The van der Waals surface area contributed by atoms with Crippen LogP contribution in [0.2, 0.25) is 5.02 Å². The van der Waals surface area contributed by atoms with Crippen LogP contribution in [-0.4, -0.2) is 17.9 Å². The maximum atomic E-state index is 10.6. The first-order chi connectivity index (χ1) is 6.20. The number of aromatic carboxylic acids is 1. The second-order valence-electron chi connectivity index (χ2n) is 2.47. The van der Waals surface area contributed by atoms with E-state index in [0.29, 0.717) is 11.5 Å². The summed E-state index contributed by atoms with van der Waals surface area (Å²) in [4.78, 5) is 10.6. The van der Waals surface area contributed by atoms with Gasteiger partial charge in [0.25, 0.3) is 0 Å². The third-order valence-corrected chi connectivity index (χ3v) is 2.08. The van der Waals surface area contributed by atoms with Crippen LogP contribution >= 0.6 is 11.6 Å². The van der Waals surface area contributed by atoms with E-state index in [1.165, 1.54) is 12.1 Å². The zero-order valence-corrected chi connectivity index (χ0v) is 7.17. The van der Waals surface area contributed by atoms with Crippen LogP contribution in [0.1, 0.15) is 10.4 Å². The molecule has 0 aliphatic carbocycles. The third kappa shape index (κ3) is 1.19. The Balaban J connectivity index is 2.59. The molecule has 0 fully saturated rings. The first-order valence-corrected chi connectivity index (χ1v) is 3.89. The van der Waals surface area contributed by atoms with E-state index in [0.717, 1.165) is 0 Å². The van der Waals surface area contributed by atoms with Gasteiger partial charge >= 0.3 is 5.97 Å². The monoisotopic (exact) mass is 200 g/mol. The molecule has 0 spiro atoms. The fourth-order valence-electron chi connectivity index (χ4n) is 1.10. The predicted molar refractivity (Wildman–Crippen MR) is 44.5 cm³/mol. The van der Waals surface area contributed by atoms with Crippen molar-refractivity contribution in [1.29, 1.82) is 0 Å². The SMILES string of the molecule is O=C(O)c1ccc2c(c1Cl)OCO2. The lowest BCUT2D eigenvalue weighted by atomic mass is 10.2. The Morgan fingerprint density at radius 1 is 1.46 bits per heavy atom. The fraction of sp³-hybridized carbons (Fsp3) is 0.125. The minimum absolute atomic E-state index is 0.0194. The van der Waals surface area contributed by atoms with E-state index in [1.54, 1.807) is 0 Å². The summed E-state index contributed by atoms with van der Waals surface area (Å²) in [6, 6.07) is 2.91. The smallest absolute Gasteiger partial charge is 0.337 e. The molecule has 1 heterocycles. The van der Waals surface area contributed by atoms with Crippen molar-refractivity contribution in [2.24, 2.45) is 0 Å². The molecule has 1 N–H and O–H groups in total. The number of fused-ring (bicyclic) bond motifs is 1. The normalized spacial score (nSPS) is 13.0. The molecule has 1 aromatic rings. The van der Waals surface area contributed by atoms with Crippen LogP contribution in [0.4, 0.5) is 0 Å². The van der Waals surface area contributed by atoms with Crippen molar-refractivity contribution in [3.05, 3.63) is 22.7 Å². The minimum Gasteiger partial charge on any atom is -0.478 e. The number of benzene rings is 1. The van der Waals surface area contributed by atoms with Gasteiger partial charge in [0.1, 0.15) is 5.02 Å². The molecule has 1 aromatic carbocycles. The Kier molecular flexibility index (Phi) is 1.77. The van der Waals surface area contributed by atoms with Crippen molar-refractivity contribution in [1.82, 2.24) is 0 Å². The minimum atomic E-state index is -1.08. The van der Waals surface area contributed by atoms with Crippen molar-refractivity contribution in [2.75, 3.05) is 6.79 Å². The average Bonchev–Trinajstić information content (AvgIpc) is 2.52. The maximum Gasteiger partial charge on any atom is 0.337 e. The summed E-state index contributed by atoms with van der Waals surface area (Å²) in [6.45, 7) is 0.0815. The number of carbonyl (C=O) groups is 1. The van der Waals surface area contributed by atoms with Gasteiger partial charge in [-0.2, -0.15) is 0 Å². The van der Waals surface area contributed by atoms with E-state index in [1.807, 2.05) is 0 Å². The molecule has 13 heavy (non-hydrogen) atoms. The van der Waals surface area contributed by atoms with Gasteiger partial charge in [-0.25, -0.2) is 4.79 Å². The van der Waals surface area contributed by atoms with Crippen molar-refractivity contribution in [3.8, 4) is 11.5 Å². The molecule has 1 aliphatic heterocycles. The quantitative estimate of drug-likeness (QED) is 0.751. The fourth-order valence-corrected chi connectivity index (χ4v) is 1.40. The lowest BCUT2D eigenvalue weighted by Crippen LogP contribution is -1.97. The molecule has 0 aromatic heterocycles. The first-order valence-electron chi connectivity index (χ1n) is 3.51. The topological polar surface area (TPSA) is 55.8 Å². The Labute approximate surface area is 78.6 Å². The van der Waals surface area contributed by atoms with E-state index >= 15 is 0 Å². The summed E-state index contributed by atoms with van der Waals surface area (Å²) < 4.78 is 10.0. The molecule has 0 saturated carbocycles. The molecule has 0 radical (unpaired) electrons. The Morgan fingerprint density at radius 2 is 2.23 bits per heavy atom. The number of halogens is 1. The molecular weight excluding hydrogens is 196 g/mol. The van der Waals surface area contributed by atoms with Crippen molar-refractivity contribution < 1.29 is 19.4 Å². The summed E-state index contributed by atoms with van der Waals surface area (Å²) in [6.07, 6.45) is 0. The van der Waals surface area contributed by atoms with Crippen molar-refractivity contribution >= 4 is 17.6 Å². The summed E-state index contributed by atoms with van der Waals surface area (Å²) >= 11 is 5.76. The molecule has 1 aliphatic rings. The van der Waals surface area contributed by atoms with Crippen LogP contribution in [0.3, 0.4) is 0 Å². The molecule has 0 bridgehead atoms. The highest BCUT2D eigenvalue weighted by atomic mass is 35.5. The van der Waals surface area contributed by atoms with Gasteiger partial charge in [0.2, 0.25) is 6.79 Å². The van der Waals surface area contributed by atoms with Crippen molar-refractivity contribution in [3.63, 3.8) is 0 Å². The standard InChI is InChI=1S/C8H5ClO4/c9-6-4(8(10)11)1-2-5-7(6)13-3-12-5/h1-2H,3H2,(H,10,11). The van der Waals surface area contributed by atoms with Gasteiger partial charge in [-0.05, 0) is 12.1 Å². The van der Waals surface area contributed by atoms with Crippen LogP contribution in [0.15, 0.2) is 12.1 Å². The number of rotatable bonds is 1. The maximum absolute atomic E-state index is 10.6. The highest BCUT2D eigenvalue weighted by Crippen LogP contribution is 2.40. The number of carboxylic acid groups (broad SMARTS) is 1. The van der Waals surface area contributed by atoms with E-state index in [-0.39, 0.29) is 17.4 Å². The summed E-state index contributed by atoms with van der Waals surface area (Å²) in [5.41, 5.74) is 0.0194. The first kappa shape index (κ1) is 8.19. The van der Waals surface area contributed by atoms with E-state index in [9.17, 15) is 4.79 Å². The third-order valence-electron chi connectivity index (χ3n) is 1.71. The Hall–Kier alpha value is -1.42. The van der Waals surface area contributed by atoms with E-state index in [4.69, 9.17) is 26.2 Å². The lowest BCUT2D eigenvalue weighted by Gasteiger charge is -2.01. The molecule has 4 nitrogen and oxygen atoms in total. The molecule has 2 rings (SSSR count). The zero-order valence-electron chi connectivity index (χ0n) is 6.41. The largest absolute Gasteiger partial charge is 0.478 e. The predicted octanol–water partition coefficient (Wildman–Crippen LogP) is 1.77. The molecule has 0 unspecified atom stereocenters. The average molecular weight is 201 g/mol. The van der Waals surface area contributed by atoms with Crippen LogP contribution in [-0.2, 0) is 0 Å². The highest BCUT2D eigenvalue weighted by molar-refractivity contribution is 6.35. The van der Waals surface area contributed by atoms with Crippen LogP contribution in [0, 0.1) is 0 Å². The summed E-state index contributed by atoms with van der Waals surface area (Å²) in [5, 5.41) is 8.80. The number of hydrogen-bond acceptors (Lipinski definition) is 3. The van der Waals surface area contributed by atoms with Crippen LogP contribution in [0.5, 0.6) is 11.5 Å². The van der Waals surface area contributed by atoms with Gasteiger partial charge in [-0.15, -0.1) is 0 Å². The highest BCUT2D eigenvalue weighted by Gasteiger charge is 2.22. The van der Waals surface area contributed by atoms with Crippen LogP contribution < -0.4 is 9.47 Å². The van der Waals surface area contributed by atoms with Gasteiger partial charge in [0.15, 0.2) is 11.5 Å². The number of ether oxygens (including phenoxy) is 2. The van der Waals surface area contributed by atoms with Crippen LogP contribution in [0.25, 0.3) is 0 Å². The number of hydrogen-bond donors (Lipinski definition) is 1. The Bertz CT molecular complexity index is 375. The second-order valence-corrected chi connectivity index (χ2v) is 2.84. The molecule has 0 saturated heterocycles. The van der Waals surface area contributed by atoms with Gasteiger partial charge in [0.05, 0.1) is 5.56 Å². The van der Waals surface area contributed by atoms with Gasteiger partial charge in [-0.1, -0.05) is 11.6 Å². The molecule has 5 heteroatoms. The van der Waals surface area contributed by atoms with Gasteiger partial charge < -0.3 is 14.6 Å². The van der Waals surface area contributed by atoms with E-state index in [2.05, 4.69) is 0 Å². The zero-order chi connectivity index (χ0) is 9.42. The molecule has 68 valence electrons. The Morgan fingerprint density at radius 3 is 2.92 bits per heavy atom.